The van der Waals surface area contributed by atoms with Crippen LogP contribution in [0.4, 0.5) is 0 Å². The summed E-state index contributed by atoms with van der Waals surface area (Å²) in [6.45, 7) is 7.56. The first-order valence-electron chi connectivity index (χ1n) is 9.20. The molecule has 2 aliphatic rings. The second-order valence-corrected chi connectivity index (χ2v) is 7.53. The molecule has 2 saturated heterocycles. The number of halogens is 1. The fraction of sp³-hybridized carbons (Fsp3) is 0.650. The Hall–Kier alpha value is -1.06. The van der Waals surface area contributed by atoms with Crippen molar-refractivity contribution in [3.05, 3.63) is 35.9 Å². The number of carbonyl (C=O) groups is 1. The van der Waals surface area contributed by atoms with Gasteiger partial charge in [0.15, 0.2) is 0 Å². The van der Waals surface area contributed by atoms with Gasteiger partial charge < -0.3 is 10.2 Å². The minimum Gasteiger partial charge on any atom is -0.339 e. The van der Waals surface area contributed by atoms with E-state index in [1.165, 1.54) is 18.4 Å². The molecule has 4 unspecified atom stereocenters. The summed E-state index contributed by atoms with van der Waals surface area (Å²) in [5.41, 5.74) is 1.37. The Balaban J connectivity index is 0.00000208. The molecule has 3 rings (SSSR count). The standard InChI is InChI=1S/C20H30N2O.ClH/c1-15(18-9-6-10-21-13-18)11-20(23)22-14-19(12-16(22)2)17-7-4-3-5-8-17;/h3-5,7-8,15-16,18-19,21H,6,9-14H2,1-2H3;1H. The second-order valence-electron chi connectivity index (χ2n) is 7.53. The molecule has 2 aliphatic heterocycles. The van der Waals surface area contributed by atoms with Crippen molar-refractivity contribution in [2.45, 2.75) is 51.5 Å². The zero-order chi connectivity index (χ0) is 16.2. The van der Waals surface area contributed by atoms with E-state index in [0.29, 0.717) is 36.1 Å². The molecule has 0 radical (unpaired) electrons. The summed E-state index contributed by atoms with van der Waals surface area (Å²) in [6.07, 6.45) is 4.32. The molecule has 0 bridgehead atoms. The summed E-state index contributed by atoms with van der Waals surface area (Å²) in [4.78, 5) is 14.9. The van der Waals surface area contributed by atoms with E-state index in [2.05, 4.69) is 54.4 Å². The van der Waals surface area contributed by atoms with Crippen LogP contribution in [0.3, 0.4) is 0 Å². The Morgan fingerprint density at radius 1 is 1.33 bits per heavy atom. The lowest BCUT2D eigenvalue weighted by Crippen LogP contribution is -2.38. The fourth-order valence-corrected chi connectivity index (χ4v) is 4.27. The molecule has 0 spiro atoms. The zero-order valence-electron chi connectivity index (χ0n) is 14.9. The molecular weight excluding hydrogens is 320 g/mol. The fourth-order valence-electron chi connectivity index (χ4n) is 4.27. The van der Waals surface area contributed by atoms with Crippen molar-refractivity contribution in [2.75, 3.05) is 19.6 Å². The number of carbonyl (C=O) groups excluding carboxylic acids is 1. The number of hydrogen-bond acceptors (Lipinski definition) is 2. The number of piperidine rings is 1. The first-order valence-corrected chi connectivity index (χ1v) is 9.20. The van der Waals surface area contributed by atoms with Crippen molar-refractivity contribution in [1.29, 1.82) is 0 Å². The first kappa shape index (κ1) is 19.3. The Labute approximate surface area is 152 Å². The molecule has 0 aromatic heterocycles. The van der Waals surface area contributed by atoms with Crippen LogP contribution >= 0.6 is 12.4 Å². The summed E-state index contributed by atoms with van der Waals surface area (Å²) in [5, 5.41) is 3.47. The van der Waals surface area contributed by atoms with Crippen molar-refractivity contribution in [2.24, 2.45) is 11.8 Å². The number of hydrogen-bond donors (Lipinski definition) is 1. The normalized spacial score (nSPS) is 28.2. The largest absolute Gasteiger partial charge is 0.339 e. The van der Waals surface area contributed by atoms with Gasteiger partial charge in [0.1, 0.15) is 0 Å². The third-order valence-corrected chi connectivity index (χ3v) is 5.80. The monoisotopic (exact) mass is 350 g/mol. The third-order valence-electron chi connectivity index (χ3n) is 5.80. The van der Waals surface area contributed by atoms with Gasteiger partial charge >= 0.3 is 0 Å². The maximum absolute atomic E-state index is 12.8. The van der Waals surface area contributed by atoms with Gasteiger partial charge in [0, 0.05) is 24.9 Å². The van der Waals surface area contributed by atoms with Crippen LogP contribution in [0.5, 0.6) is 0 Å². The number of rotatable bonds is 4. The van der Waals surface area contributed by atoms with Crippen molar-refractivity contribution < 1.29 is 4.79 Å². The van der Waals surface area contributed by atoms with Crippen LogP contribution in [-0.4, -0.2) is 36.5 Å². The number of amides is 1. The van der Waals surface area contributed by atoms with E-state index in [-0.39, 0.29) is 12.4 Å². The van der Waals surface area contributed by atoms with Crippen LogP contribution in [0.25, 0.3) is 0 Å². The Bertz CT molecular complexity index is 516. The van der Waals surface area contributed by atoms with E-state index in [0.717, 1.165) is 26.1 Å². The molecule has 1 N–H and O–H groups in total. The molecule has 3 nitrogen and oxygen atoms in total. The summed E-state index contributed by atoms with van der Waals surface area (Å²) >= 11 is 0. The molecule has 1 aromatic carbocycles. The van der Waals surface area contributed by atoms with Gasteiger partial charge in [0.2, 0.25) is 5.91 Å². The minimum absolute atomic E-state index is 0. The molecule has 2 fully saturated rings. The number of likely N-dealkylation sites (tertiary alicyclic amines) is 1. The second kappa shape index (κ2) is 8.87. The minimum atomic E-state index is 0. The number of nitrogens with zero attached hydrogens (tertiary/aromatic N) is 1. The summed E-state index contributed by atoms with van der Waals surface area (Å²) < 4.78 is 0. The van der Waals surface area contributed by atoms with Crippen molar-refractivity contribution >= 4 is 18.3 Å². The van der Waals surface area contributed by atoms with Gasteiger partial charge in [0.25, 0.3) is 0 Å². The van der Waals surface area contributed by atoms with Crippen LogP contribution in [0.2, 0.25) is 0 Å². The van der Waals surface area contributed by atoms with E-state index in [4.69, 9.17) is 0 Å². The van der Waals surface area contributed by atoms with Gasteiger partial charge in [-0.1, -0.05) is 37.3 Å². The molecule has 24 heavy (non-hydrogen) atoms. The molecule has 1 aromatic rings. The topological polar surface area (TPSA) is 32.3 Å². The van der Waals surface area contributed by atoms with E-state index in [1.54, 1.807) is 0 Å². The molecule has 4 heteroatoms. The Kier molecular flexibility index (Phi) is 7.12. The van der Waals surface area contributed by atoms with E-state index in [9.17, 15) is 4.79 Å². The molecule has 0 saturated carbocycles. The predicted molar refractivity (Wildman–Crippen MR) is 102 cm³/mol. The van der Waals surface area contributed by atoms with Gasteiger partial charge in [-0.05, 0) is 56.7 Å². The Morgan fingerprint density at radius 2 is 2.08 bits per heavy atom. The first-order chi connectivity index (χ1) is 11.1. The van der Waals surface area contributed by atoms with Gasteiger partial charge in [-0.15, -0.1) is 12.4 Å². The molecule has 4 atom stereocenters. The molecule has 134 valence electrons. The maximum atomic E-state index is 12.8. The lowest BCUT2D eigenvalue weighted by molar-refractivity contribution is -0.133. The average Bonchev–Trinajstić information content (AvgIpc) is 2.98. The van der Waals surface area contributed by atoms with E-state index in [1.807, 2.05) is 0 Å². The van der Waals surface area contributed by atoms with Crippen LogP contribution in [-0.2, 0) is 4.79 Å². The SMILES string of the molecule is CC(CC(=O)N1CC(c2ccccc2)CC1C)C1CCCNC1.Cl. The number of nitrogens with one attached hydrogen (secondary N) is 1. The summed E-state index contributed by atoms with van der Waals surface area (Å²) in [5.74, 6) is 2.00. The quantitative estimate of drug-likeness (QED) is 0.894. The highest BCUT2D eigenvalue weighted by Gasteiger charge is 2.34. The van der Waals surface area contributed by atoms with E-state index < -0.39 is 0 Å². The highest BCUT2D eigenvalue weighted by Crippen LogP contribution is 2.33. The van der Waals surface area contributed by atoms with Crippen LogP contribution in [0.1, 0.15) is 51.0 Å². The van der Waals surface area contributed by atoms with Crippen molar-refractivity contribution in [3.8, 4) is 0 Å². The van der Waals surface area contributed by atoms with Gasteiger partial charge in [-0.3, -0.25) is 4.79 Å². The van der Waals surface area contributed by atoms with Gasteiger partial charge in [-0.2, -0.15) is 0 Å². The van der Waals surface area contributed by atoms with E-state index >= 15 is 0 Å². The van der Waals surface area contributed by atoms with Gasteiger partial charge in [-0.25, -0.2) is 0 Å². The molecule has 2 heterocycles. The predicted octanol–water partition coefficient (Wildman–Crippen LogP) is 3.84. The Morgan fingerprint density at radius 3 is 2.75 bits per heavy atom. The lowest BCUT2D eigenvalue weighted by atomic mass is 9.85. The van der Waals surface area contributed by atoms with Crippen molar-refractivity contribution in [3.63, 3.8) is 0 Å². The van der Waals surface area contributed by atoms with Crippen LogP contribution < -0.4 is 5.32 Å². The smallest absolute Gasteiger partial charge is 0.223 e. The third kappa shape index (κ3) is 4.52. The molecule has 0 aliphatic carbocycles. The zero-order valence-corrected chi connectivity index (χ0v) is 15.7. The van der Waals surface area contributed by atoms with Gasteiger partial charge in [0.05, 0.1) is 0 Å². The maximum Gasteiger partial charge on any atom is 0.223 e. The highest BCUT2D eigenvalue weighted by atomic mass is 35.5. The number of benzene rings is 1. The summed E-state index contributed by atoms with van der Waals surface area (Å²) in [7, 11) is 0. The molecule has 1 amide bonds. The summed E-state index contributed by atoms with van der Waals surface area (Å²) in [6, 6.07) is 11.0. The highest BCUT2D eigenvalue weighted by molar-refractivity contribution is 5.85. The van der Waals surface area contributed by atoms with Crippen molar-refractivity contribution in [1.82, 2.24) is 10.2 Å². The van der Waals surface area contributed by atoms with Crippen LogP contribution in [0, 0.1) is 11.8 Å². The lowest BCUT2D eigenvalue weighted by Gasteiger charge is -2.30. The molecular formula is C20H31ClN2O. The van der Waals surface area contributed by atoms with Crippen LogP contribution in [0.15, 0.2) is 30.3 Å². The average molecular weight is 351 g/mol.